The van der Waals surface area contributed by atoms with Gasteiger partial charge in [-0.25, -0.2) is 0 Å². The third kappa shape index (κ3) is 2.25. The minimum atomic E-state index is -0.298. The minimum absolute atomic E-state index is 0.0152. The molecule has 1 aromatic heterocycles. The molecule has 1 unspecified atom stereocenters. The van der Waals surface area contributed by atoms with Crippen LogP contribution in [0.15, 0.2) is 24.3 Å². The molecule has 7 heteroatoms. The summed E-state index contributed by atoms with van der Waals surface area (Å²) in [5.41, 5.74) is 0.737. The van der Waals surface area contributed by atoms with Gasteiger partial charge in [0.25, 0.3) is 0 Å². The van der Waals surface area contributed by atoms with Gasteiger partial charge in [-0.1, -0.05) is 23.7 Å². The SMILES string of the molecule is O=C1NCCCC1c1n[nH]c(=S)n1-c1ccccc1Cl. The van der Waals surface area contributed by atoms with Crippen molar-refractivity contribution >= 4 is 29.7 Å². The average Bonchev–Trinajstić information content (AvgIpc) is 2.82. The first-order valence-corrected chi connectivity index (χ1v) is 7.17. The van der Waals surface area contributed by atoms with Gasteiger partial charge < -0.3 is 5.32 Å². The topological polar surface area (TPSA) is 62.7 Å². The molecular weight excluding hydrogens is 296 g/mol. The highest BCUT2D eigenvalue weighted by Gasteiger charge is 2.29. The lowest BCUT2D eigenvalue weighted by atomic mass is 9.97. The Morgan fingerprint density at radius 2 is 2.20 bits per heavy atom. The zero-order valence-electron chi connectivity index (χ0n) is 10.6. The van der Waals surface area contributed by atoms with Gasteiger partial charge >= 0.3 is 0 Å². The number of rotatable bonds is 2. The predicted octanol–water partition coefficient (Wildman–Crippen LogP) is 2.58. The summed E-state index contributed by atoms with van der Waals surface area (Å²) >= 11 is 11.5. The molecule has 20 heavy (non-hydrogen) atoms. The van der Waals surface area contributed by atoms with Gasteiger partial charge in [-0.3, -0.25) is 14.5 Å². The van der Waals surface area contributed by atoms with Crippen molar-refractivity contribution in [1.29, 1.82) is 0 Å². The summed E-state index contributed by atoms with van der Waals surface area (Å²) in [5.74, 6) is 0.298. The number of para-hydroxylation sites is 1. The van der Waals surface area contributed by atoms with Crippen molar-refractivity contribution < 1.29 is 4.79 Å². The van der Waals surface area contributed by atoms with E-state index in [0.29, 0.717) is 22.2 Å². The molecule has 2 N–H and O–H groups in total. The molecule has 1 saturated heterocycles. The first kappa shape index (κ1) is 13.3. The Labute approximate surface area is 126 Å². The van der Waals surface area contributed by atoms with Crippen LogP contribution in [0.1, 0.15) is 24.6 Å². The lowest BCUT2D eigenvalue weighted by Gasteiger charge is -2.21. The van der Waals surface area contributed by atoms with Gasteiger partial charge in [0.1, 0.15) is 5.82 Å². The number of hydrogen-bond acceptors (Lipinski definition) is 3. The molecule has 5 nitrogen and oxygen atoms in total. The Morgan fingerprint density at radius 1 is 1.40 bits per heavy atom. The molecule has 0 aliphatic carbocycles. The Hall–Kier alpha value is -1.66. The van der Waals surface area contributed by atoms with Crippen LogP contribution >= 0.6 is 23.8 Å². The molecular formula is C13H13ClN4OS. The van der Waals surface area contributed by atoms with Crippen LogP contribution in [0.2, 0.25) is 5.02 Å². The summed E-state index contributed by atoms with van der Waals surface area (Å²) < 4.78 is 2.18. The lowest BCUT2D eigenvalue weighted by molar-refractivity contribution is -0.124. The van der Waals surface area contributed by atoms with Gasteiger partial charge in [-0.15, -0.1) is 0 Å². The van der Waals surface area contributed by atoms with Gasteiger partial charge in [0, 0.05) is 6.54 Å². The first-order chi connectivity index (χ1) is 9.68. The normalized spacial score (nSPS) is 18.9. The van der Waals surface area contributed by atoms with Crippen LogP contribution in [0, 0.1) is 4.77 Å². The number of carbonyl (C=O) groups excluding carboxylic acids is 1. The number of H-pyrrole nitrogens is 1. The molecule has 1 amide bonds. The van der Waals surface area contributed by atoms with Crippen LogP contribution in [0.3, 0.4) is 0 Å². The van der Waals surface area contributed by atoms with Gasteiger partial charge in [0.15, 0.2) is 4.77 Å². The lowest BCUT2D eigenvalue weighted by Crippen LogP contribution is -2.36. The van der Waals surface area contributed by atoms with Gasteiger partial charge in [-0.05, 0) is 37.2 Å². The summed E-state index contributed by atoms with van der Waals surface area (Å²) in [4.78, 5) is 12.0. The van der Waals surface area contributed by atoms with Crippen LogP contribution in [-0.2, 0) is 4.79 Å². The van der Waals surface area contributed by atoms with Crippen molar-refractivity contribution in [2.75, 3.05) is 6.54 Å². The second-order valence-electron chi connectivity index (χ2n) is 4.66. The first-order valence-electron chi connectivity index (χ1n) is 6.38. The number of halogens is 1. The van der Waals surface area contributed by atoms with E-state index in [2.05, 4.69) is 15.5 Å². The maximum atomic E-state index is 12.0. The molecule has 0 spiro atoms. The third-order valence-electron chi connectivity index (χ3n) is 3.39. The number of carbonyl (C=O) groups is 1. The van der Waals surface area contributed by atoms with Crippen LogP contribution in [0.4, 0.5) is 0 Å². The highest BCUT2D eigenvalue weighted by molar-refractivity contribution is 7.71. The van der Waals surface area contributed by atoms with Crippen molar-refractivity contribution in [3.05, 3.63) is 39.9 Å². The quantitative estimate of drug-likeness (QED) is 0.838. The number of nitrogens with zero attached hydrogens (tertiary/aromatic N) is 2. The molecule has 1 atom stereocenters. The molecule has 0 radical (unpaired) electrons. The molecule has 104 valence electrons. The Bertz CT molecular complexity index is 708. The fourth-order valence-electron chi connectivity index (χ4n) is 2.43. The zero-order chi connectivity index (χ0) is 14.1. The second kappa shape index (κ2) is 5.38. The van der Waals surface area contributed by atoms with Gasteiger partial charge in [0.2, 0.25) is 5.91 Å². The van der Waals surface area contributed by atoms with E-state index in [1.54, 1.807) is 10.6 Å². The van der Waals surface area contributed by atoms with Crippen LogP contribution < -0.4 is 5.32 Å². The number of nitrogens with one attached hydrogen (secondary N) is 2. The van der Waals surface area contributed by atoms with E-state index in [-0.39, 0.29) is 11.8 Å². The highest BCUT2D eigenvalue weighted by Crippen LogP contribution is 2.28. The summed E-state index contributed by atoms with van der Waals surface area (Å²) in [5, 5.41) is 10.4. The molecule has 0 saturated carbocycles. The number of benzene rings is 1. The molecule has 0 bridgehead atoms. The van der Waals surface area contributed by atoms with Crippen molar-refractivity contribution in [3.8, 4) is 5.69 Å². The number of amides is 1. The van der Waals surface area contributed by atoms with E-state index in [1.807, 2.05) is 18.2 Å². The molecule has 3 rings (SSSR count). The van der Waals surface area contributed by atoms with Gasteiger partial charge in [-0.2, -0.15) is 5.10 Å². The van der Waals surface area contributed by atoms with Crippen LogP contribution in [-0.4, -0.2) is 27.2 Å². The van der Waals surface area contributed by atoms with E-state index in [1.165, 1.54) is 0 Å². The Kier molecular flexibility index (Phi) is 3.58. The average molecular weight is 309 g/mol. The predicted molar refractivity (Wildman–Crippen MR) is 78.7 cm³/mol. The number of aromatic nitrogens is 3. The summed E-state index contributed by atoms with van der Waals surface area (Å²) in [6.45, 7) is 0.715. The minimum Gasteiger partial charge on any atom is -0.355 e. The van der Waals surface area contributed by atoms with Crippen molar-refractivity contribution in [2.45, 2.75) is 18.8 Å². The number of aromatic amines is 1. The summed E-state index contributed by atoms with van der Waals surface area (Å²) in [7, 11) is 0. The van der Waals surface area contributed by atoms with Crippen LogP contribution in [0.25, 0.3) is 5.69 Å². The number of piperidine rings is 1. The molecule has 2 heterocycles. The van der Waals surface area contributed by atoms with Crippen molar-refractivity contribution in [1.82, 2.24) is 20.1 Å². The monoisotopic (exact) mass is 308 g/mol. The Balaban J connectivity index is 2.13. The molecule has 1 fully saturated rings. The van der Waals surface area contributed by atoms with E-state index in [9.17, 15) is 4.79 Å². The standard InChI is InChI=1S/C13H13ClN4OS/c14-9-5-1-2-6-10(9)18-11(16-17-13(18)20)8-4-3-7-15-12(8)19/h1-2,5-6,8H,3-4,7H2,(H,15,19)(H,17,20). The van der Waals surface area contributed by atoms with E-state index in [4.69, 9.17) is 23.8 Å². The fourth-order valence-corrected chi connectivity index (χ4v) is 2.88. The maximum Gasteiger partial charge on any atom is 0.230 e. The number of hydrogen-bond donors (Lipinski definition) is 2. The summed E-state index contributed by atoms with van der Waals surface area (Å²) in [6, 6.07) is 7.37. The van der Waals surface area contributed by atoms with E-state index < -0.39 is 0 Å². The van der Waals surface area contributed by atoms with Crippen molar-refractivity contribution in [3.63, 3.8) is 0 Å². The third-order valence-corrected chi connectivity index (χ3v) is 3.98. The molecule has 1 aromatic carbocycles. The van der Waals surface area contributed by atoms with Crippen molar-refractivity contribution in [2.24, 2.45) is 0 Å². The van der Waals surface area contributed by atoms with E-state index in [0.717, 1.165) is 18.5 Å². The molecule has 1 aliphatic rings. The van der Waals surface area contributed by atoms with E-state index >= 15 is 0 Å². The molecule has 1 aliphatic heterocycles. The zero-order valence-corrected chi connectivity index (χ0v) is 12.2. The maximum absolute atomic E-state index is 12.0. The Morgan fingerprint density at radius 3 is 2.95 bits per heavy atom. The second-order valence-corrected chi connectivity index (χ2v) is 5.45. The van der Waals surface area contributed by atoms with Gasteiger partial charge in [0.05, 0.1) is 16.6 Å². The molecule has 2 aromatic rings. The van der Waals surface area contributed by atoms with Crippen LogP contribution in [0.5, 0.6) is 0 Å². The summed E-state index contributed by atoms with van der Waals surface area (Å²) in [6.07, 6.45) is 1.69. The largest absolute Gasteiger partial charge is 0.355 e. The highest BCUT2D eigenvalue weighted by atomic mass is 35.5. The fraction of sp³-hybridized carbons (Fsp3) is 0.308. The smallest absolute Gasteiger partial charge is 0.230 e.